The summed E-state index contributed by atoms with van der Waals surface area (Å²) in [6.45, 7) is 0.364. The fourth-order valence-corrected chi connectivity index (χ4v) is 2.44. The second-order valence-electron chi connectivity index (χ2n) is 5.04. The molecule has 0 aliphatic rings. The lowest BCUT2D eigenvalue weighted by molar-refractivity contribution is 0.0786. The normalized spacial score (nSPS) is 10.7. The zero-order valence-electron chi connectivity index (χ0n) is 11.7. The number of phenolic OH excluding ortho intramolecular Hbond substituents is 1. The number of aromatic hydroxyl groups is 1. The number of amides is 1. The van der Waals surface area contributed by atoms with E-state index >= 15 is 0 Å². The summed E-state index contributed by atoms with van der Waals surface area (Å²) in [5.74, 6) is 0.126. The highest BCUT2D eigenvalue weighted by Crippen LogP contribution is 2.21. The van der Waals surface area contributed by atoms with Gasteiger partial charge in [0, 0.05) is 30.7 Å². The minimum Gasteiger partial charge on any atom is -0.508 e. The molecule has 106 valence electrons. The number of aromatic nitrogens is 1. The fraction of sp³-hybridized carbons (Fsp3) is 0.118. The molecule has 4 heteroatoms. The highest BCUT2D eigenvalue weighted by Gasteiger charge is 2.16. The van der Waals surface area contributed by atoms with Gasteiger partial charge in [0.25, 0.3) is 5.91 Å². The first kappa shape index (κ1) is 13.2. The van der Waals surface area contributed by atoms with E-state index in [0.29, 0.717) is 12.1 Å². The van der Waals surface area contributed by atoms with Crippen LogP contribution in [0.3, 0.4) is 0 Å². The standard InChI is InChI=1S/C17H16N2O2/c1-19(11-13-5-2-3-8-15(13)20)17(21)14-7-4-6-12-9-10-18-16(12)14/h2-10,18,20H,11H2,1H3. The van der Waals surface area contributed by atoms with Crippen LogP contribution >= 0.6 is 0 Å². The van der Waals surface area contributed by atoms with Crippen LogP contribution in [-0.2, 0) is 6.54 Å². The van der Waals surface area contributed by atoms with Gasteiger partial charge in [0.1, 0.15) is 5.75 Å². The number of carbonyl (C=O) groups is 1. The van der Waals surface area contributed by atoms with Crippen LogP contribution in [0.1, 0.15) is 15.9 Å². The van der Waals surface area contributed by atoms with Crippen LogP contribution < -0.4 is 0 Å². The van der Waals surface area contributed by atoms with Crippen LogP contribution in [-0.4, -0.2) is 27.9 Å². The average Bonchev–Trinajstić information content (AvgIpc) is 2.97. The molecule has 1 heterocycles. The van der Waals surface area contributed by atoms with E-state index in [-0.39, 0.29) is 11.7 Å². The number of nitrogens with one attached hydrogen (secondary N) is 1. The van der Waals surface area contributed by atoms with E-state index in [9.17, 15) is 9.90 Å². The highest BCUT2D eigenvalue weighted by molar-refractivity contribution is 6.05. The monoisotopic (exact) mass is 280 g/mol. The molecule has 21 heavy (non-hydrogen) atoms. The summed E-state index contributed by atoms with van der Waals surface area (Å²) in [5.41, 5.74) is 2.20. The molecule has 1 amide bonds. The van der Waals surface area contributed by atoms with Gasteiger partial charge in [0.2, 0.25) is 0 Å². The van der Waals surface area contributed by atoms with Gasteiger partial charge < -0.3 is 15.0 Å². The van der Waals surface area contributed by atoms with E-state index in [2.05, 4.69) is 4.98 Å². The summed E-state index contributed by atoms with van der Waals surface area (Å²) >= 11 is 0. The summed E-state index contributed by atoms with van der Waals surface area (Å²) in [4.78, 5) is 17.3. The quantitative estimate of drug-likeness (QED) is 0.774. The lowest BCUT2D eigenvalue weighted by Crippen LogP contribution is -2.26. The zero-order chi connectivity index (χ0) is 14.8. The smallest absolute Gasteiger partial charge is 0.256 e. The molecular formula is C17H16N2O2. The number of aromatic amines is 1. The molecule has 0 atom stereocenters. The van der Waals surface area contributed by atoms with Crippen molar-refractivity contribution in [3.05, 3.63) is 65.9 Å². The molecule has 0 spiro atoms. The van der Waals surface area contributed by atoms with Gasteiger partial charge in [-0.3, -0.25) is 4.79 Å². The number of para-hydroxylation sites is 2. The van der Waals surface area contributed by atoms with Gasteiger partial charge in [-0.15, -0.1) is 0 Å². The summed E-state index contributed by atoms with van der Waals surface area (Å²) in [6.07, 6.45) is 1.82. The second kappa shape index (κ2) is 5.32. The van der Waals surface area contributed by atoms with Crippen LogP contribution in [0.15, 0.2) is 54.7 Å². The number of benzene rings is 2. The summed E-state index contributed by atoms with van der Waals surface area (Å²) in [6, 6.07) is 14.6. The summed E-state index contributed by atoms with van der Waals surface area (Å²) in [7, 11) is 1.73. The second-order valence-corrected chi connectivity index (χ2v) is 5.04. The van der Waals surface area contributed by atoms with Crippen LogP contribution in [0.2, 0.25) is 0 Å². The first-order valence-corrected chi connectivity index (χ1v) is 6.75. The van der Waals surface area contributed by atoms with Crippen LogP contribution in [0.5, 0.6) is 5.75 Å². The first-order chi connectivity index (χ1) is 10.2. The Hall–Kier alpha value is -2.75. The van der Waals surface area contributed by atoms with Crippen molar-refractivity contribution in [2.24, 2.45) is 0 Å². The SMILES string of the molecule is CN(Cc1ccccc1O)C(=O)c1cccc2cc[nH]c12. The van der Waals surface area contributed by atoms with Crippen molar-refractivity contribution < 1.29 is 9.90 Å². The van der Waals surface area contributed by atoms with Gasteiger partial charge in [0.15, 0.2) is 0 Å². The molecule has 0 bridgehead atoms. The summed E-state index contributed by atoms with van der Waals surface area (Å²) < 4.78 is 0. The third kappa shape index (κ3) is 2.48. The van der Waals surface area contributed by atoms with Crippen molar-refractivity contribution in [1.82, 2.24) is 9.88 Å². The van der Waals surface area contributed by atoms with Gasteiger partial charge in [-0.25, -0.2) is 0 Å². The molecule has 0 fully saturated rings. The maximum atomic E-state index is 12.6. The molecule has 2 N–H and O–H groups in total. The van der Waals surface area contributed by atoms with E-state index in [1.165, 1.54) is 0 Å². The maximum absolute atomic E-state index is 12.6. The van der Waals surface area contributed by atoms with Crippen molar-refractivity contribution in [3.8, 4) is 5.75 Å². The molecule has 0 saturated heterocycles. The largest absolute Gasteiger partial charge is 0.508 e. The molecule has 0 aliphatic heterocycles. The van der Waals surface area contributed by atoms with E-state index in [0.717, 1.165) is 16.5 Å². The number of phenols is 1. The lowest BCUT2D eigenvalue weighted by Gasteiger charge is -2.18. The number of rotatable bonds is 3. The van der Waals surface area contributed by atoms with Crippen molar-refractivity contribution in [2.45, 2.75) is 6.54 Å². The van der Waals surface area contributed by atoms with Crippen LogP contribution in [0, 0.1) is 0 Å². The minimum atomic E-state index is -0.0775. The van der Waals surface area contributed by atoms with E-state index < -0.39 is 0 Å². The van der Waals surface area contributed by atoms with E-state index in [1.807, 2.05) is 42.6 Å². The Morgan fingerprint density at radius 1 is 1.14 bits per heavy atom. The molecule has 0 unspecified atom stereocenters. The van der Waals surface area contributed by atoms with Crippen LogP contribution in [0.4, 0.5) is 0 Å². The highest BCUT2D eigenvalue weighted by atomic mass is 16.3. The van der Waals surface area contributed by atoms with Crippen molar-refractivity contribution in [3.63, 3.8) is 0 Å². The van der Waals surface area contributed by atoms with Gasteiger partial charge in [-0.1, -0.05) is 30.3 Å². The number of carbonyl (C=O) groups excluding carboxylic acids is 1. The topological polar surface area (TPSA) is 56.3 Å². The molecule has 0 radical (unpaired) electrons. The number of hydrogen-bond donors (Lipinski definition) is 2. The molecule has 0 saturated carbocycles. The molecule has 3 aromatic rings. The van der Waals surface area contributed by atoms with Gasteiger partial charge in [-0.05, 0) is 18.2 Å². The maximum Gasteiger partial charge on any atom is 0.256 e. The predicted molar refractivity (Wildman–Crippen MR) is 82.2 cm³/mol. The Morgan fingerprint density at radius 2 is 1.95 bits per heavy atom. The van der Waals surface area contributed by atoms with Crippen molar-refractivity contribution >= 4 is 16.8 Å². The Kier molecular flexibility index (Phi) is 3.36. The Morgan fingerprint density at radius 3 is 2.76 bits per heavy atom. The van der Waals surface area contributed by atoms with Crippen molar-refractivity contribution in [2.75, 3.05) is 7.05 Å². The summed E-state index contributed by atoms with van der Waals surface area (Å²) in [5, 5.41) is 10.8. The predicted octanol–water partition coefficient (Wildman–Crippen LogP) is 3.15. The molecule has 2 aromatic carbocycles. The third-order valence-corrected chi connectivity index (χ3v) is 3.56. The Labute approximate surface area is 122 Å². The minimum absolute atomic E-state index is 0.0775. The zero-order valence-corrected chi connectivity index (χ0v) is 11.7. The molecule has 0 aliphatic carbocycles. The van der Waals surface area contributed by atoms with Crippen LogP contribution in [0.25, 0.3) is 10.9 Å². The third-order valence-electron chi connectivity index (χ3n) is 3.56. The number of fused-ring (bicyclic) bond motifs is 1. The molecular weight excluding hydrogens is 264 g/mol. The fourth-order valence-electron chi connectivity index (χ4n) is 2.44. The van der Waals surface area contributed by atoms with Gasteiger partial charge in [0.05, 0.1) is 11.1 Å². The van der Waals surface area contributed by atoms with E-state index in [1.54, 1.807) is 24.1 Å². The Bertz CT molecular complexity index is 792. The average molecular weight is 280 g/mol. The lowest BCUT2D eigenvalue weighted by atomic mass is 10.1. The van der Waals surface area contributed by atoms with E-state index in [4.69, 9.17) is 0 Å². The number of hydrogen-bond acceptors (Lipinski definition) is 2. The number of nitrogens with zero attached hydrogens (tertiary/aromatic N) is 1. The Balaban J connectivity index is 1.88. The molecule has 3 rings (SSSR count). The molecule has 4 nitrogen and oxygen atoms in total. The number of H-pyrrole nitrogens is 1. The first-order valence-electron chi connectivity index (χ1n) is 6.75. The van der Waals surface area contributed by atoms with Crippen molar-refractivity contribution in [1.29, 1.82) is 0 Å². The molecule has 1 aromatic heterocycles. The van der Waals surface area contributed by atoms with Gasteiger partial charge >= 0.3 is 0 Å². The van der Waals surface area contributed by atoms with Gasteiger partial charge in [-0.2, -0.15) is 0 Å².